The Labute approximate surface area is 153 Å². The third kappa shape index (κ3) is 4.02. The van der Waals surface area contributed by atoms with Crippen molar-refractivity contribution in [3.8, 4) is 0 Å². The lowest BCUT2D eigenvalue weighted by Gasteiger charge is -2.27. The van der Waals surface area contributed by atoms with E-state index in [0.717, 1.165) is 35.9 Å². The van der Waals surface area contributed by atoms with Crippen LogP contribution in [0.15, 0.2) is 23.0 Å². The largest absolute Gasteiger partial charge is 0.376 e. The van der Waals surface area contributed by atoms with Crippen LogP contribution in [0.2, 0.25) is 0 Å². The molecule has 25 heavy (non-hydrogen) atoms. The van der Waals surface area contributed by atoms with Crippen LogP contribution in [-0.2, 0) is 11.3 Å². The first-order chi connectivity index (χ1) is 12.0. The number of H-pyrrole nitrogens is 1. The van der Waals surface area contributed by atoms with Crippen LogP contribution >= 0.6 is 12.2 Å². The van der Waals surface area contributed by atoms with Crippen LogP contribution in [-0.4, -0.2) is 41.3 Å². The predicted octanol–water partition coefficient (Wildman–Crippen LogP) is 2.63. The second-order valence-electron chi connectivity index (χ2n) is 6.74. The summed E-state index contributed by atoms with van der Waals surface area (Å²) in [5.74, 6) is 0. The lowest BCUT2D eigenvalue weighted by molar-refractivity contribution is 0.0898. The van der Waals surface area contributed by atoms with Gasteiger partial charge in [0.15, 0.2) is 5.11 Å². The molecule has 1 aliphatic rings. The Morgan fingerprint density at radius 2 is 2.20 bits per heavy atom. The van der Waals surface area contributed by atoms with Gasteiger partial charge in [0.05, 0.1) is 18.2 Å². The maximum absolute atomic E-state index is 12.6. The van der Waals surface area contributed by atoms with E-state index in [1.54, 1.807) is 0 Å². The van der Waals surface area contributed by atoms with Gasteiger partial charge in [-0.3, -0.25) is 4.79 Å². The molecule has 0 spiro atoms. The summed E-state index contributed by atoms with van der Waals surface area (Å²) in [6.07, 6.45) is 2.30. The Morgan fingerprint density at radius 1 is 1.40 bits per heavy atom. The molecule has 1 aliphatic heterocycles. The highest BCUT2D eigenvalue weighted by molar-refractivity contribution is 7.80. The van der Waals surface area contributed by atoms with E-state index in [9.17, 15) is 4.79 Å². The maximum Gasteiger partial charge on any atom is 0.253 e. The number of benzene rings is 1. The summed E-state index contributed by atoms with van der Waals surface area (Å²) in [5, 5.41) is 4.71. The van der Waals surface area contributed by atoms with E-state index in [4.69, 9.17) is 17.0 Å². The number of nitrogens with one attached hydrogen (secondary N) is 2. The van der Waals surface area contributed by atoms with Crippen LogP contribution < -0.4 is 10.9 Å². The highest BCUT2D eigenvalue weighted by atomic mass is 32.1. The van der Waals surface area contributed by atoms with E-state index in [1.165, 1.54) is 5.56 Å². The van der Waals surface area contributed by atoms with Crippen molar-refractivity contribution < 1.29 is 4.74 Å². The molecule has 0 unspecified atom stereocenters. The summed E-state index contributed by atoms with van der Waals surface area (Å²) in [4.78, 5) is 17.6. The fourth-order valence-electron chi connectivity index (χ4n) is 3.47. The van der Waals surface area contributed by atoms with Crippen LogP contribution in [0.5, 0.6) is 0 Å². The zero-order chi connectivity index (χ0) is 18.0. The third-order valence-electron chi connectivity index (χ3n) is 4.68. The van der Waals surface area contributed by atoms with E-state index in [1.807, 2.05) is 24.9 Å². The topological polar surface area (TPSA) is 57.4 Å². The molecule has 2 aromatic rings. The molecular weight excluding hydrogens is 334 g/mol. The van der Waals surface area contributed by atoms with E-state index in [-0.39, 0.29) is 11.7 Å². The normalized spacial score (nSPS) is 17.0. The van der Waals surface area contributed by atoms with E-state index < -0.39 is 0 Å². The van der Waals surface area contributed by atoms with Crippen molar-refractivity contribution in [3.63, 3.8) is 0 Å². The molecule has 6 heteroatoms. The molecule has 134 valence electrons. The molecule has 1 aromatic carbocycles. The summed E-state index contributed by atoms with van der Waals surface area (Å²) in [7, 11) is 1.81. The molecule has 1 atom stereocenters. The standard InChI is InChI=1S/C19H25N3O2S/c1-12-7-13(2)17-14(8-12)9-15(18(23)21-17)10-22(19(25)20-3)11-16-5-4-6-24-16/h7-9,16H,4-6,10-11H2,1-3H3,(H,20,25)(H,21,23)/t16-/m0/s1. The minimum atomic E-state index is -0.0595. The lowest BCUT2D eigenvalue weighted by atomic mass is 10.1. The van der Waals surface area contributed by atoms with Crippen LogP contribution in [0.3, 0.4) is 0 Å². The number of hydrogen-bond donors (Lipinski definition) is 2. The van der Waals surface area contributed by atoms with Gasteiger partial charge in [-0.15, -0.1) is 0 Å². The average Bonchev–Trinajstić information content (AvgIpc) is 3.08. The highest BCUT2D eigenvalue weighted by Gasteiger charge is 2.21. The van der Waals surface area contributed by atoms with Gasteiger partial charge >= 0.3 is 0 Å². The van der Waals surface area contributed by atoms with Crippen molar-refractivity contribution in [2.24, 2.45) is 0 Å². The maximum atomic E-state index is 12.6. The van der Waals surface area contributed by atoms with Gasteiger partial charge in [-0.25, -0.2) is 0 Å². The monoisotopic (exact) mass is 359 g/mol. The molecular formula is C19H25N3O2S. The van der Waals surface area contributed by atoms with Gasteiger partial charge in [-0.05, 0) is 62.0 Å². The number of rotatable bonds is 4. The van der Waals surface area contributed by atoms with Gasteiger partial charge in [0, 0.05) is 25.8 Å². The number of nitrogens with zero attached hydrogens (tertiary/aromatic N) is 1. The van der Waals surface area contributed by atoms with Crippen molar-refractivity contribution in [1.82, 2.24) is 15.2 Å². The van der Waals surface area contributed by atoms with Gasteiger partial charge < -0.3 is 19.9 Å². The summed E-state index contributed by atoms with van der Waals surface area (Å²) >= 11 is 5.44. The highest BCUT2D eigenvalue weighted by Crippen LogP contribution is 2.19. The van der Waals surface area contributed by atoms with Crippen molar-refractivity contribution in [2.45, 2.75) is 39.3 Å². The molecule has 1 aromatic heterocycles. The second-order valence-corrected chi connectivity index (χ2v) is 7.13. The van der Waals surface area contributed by atoms with E-state index in [0.29, 0.717) is 23.8 Å². The number of aromatic nitrogens is 1. The van der Waals surface area contributed by atoms with Crippen LogP contribution in [0, 0.1) is 13.8 Å². The van der Waals surface area contributed by atoms with Crippen LogP contribution in [0.4, 0.5) is 0 Å². The fourth-order valence-corrected chi connectivity index (χ4v) is 3.61. The van der Waals surface area contributed by atoms with Crippen molar-refractivity contribution in [2.75, 3.05) is 20.2 Å². The van der Waals surface area contributed by atoms with Gasteiger partial charge in [0.2, 0.25) is 0 Å². The summed E-state index contributed by atoms with van der Waals surface area (Å²) in [6, 6.07) is 6.16. The first-order valence-electron chi connectivity index (χ1n) is 8.69. The van der Waals surface area contributed by atoms with Crippen molar-refractivity contribution in [1.29, 1.82) is 0 Å². The first kappa shape index (κ1) is 17.9. The third-order valence-corrected chi connectivity index (χ3v) is 5.14. The fraction of sp³-hybridized carbons (Fsp3) is 0.474. The molecule has 1 fully saturated rings. The van der Waals surface area contributed by atoms with Crippen LogP contribution in [0.1, 0.15) is 29.5 Å². The molecule has 0 aliphatic carbocycles. The molecule has 1 saturated heterocycles. The minimum Gasteiger partial charge on any atom is -0.376 e. The number of aryl methyl sites for hydroxylation is 2. The zero-order valence-electron chi connectivity index (χ0n) is 15.0. The zero-order valence-corrected chi connectivity index (χ0v) is 15.8. The quantitative estimate of drug-likeness (QED) is 0.822. The summed E-state index contributed by atoms with van der Waals surface area (Å²) in [6.45, 7) is 6.06. The number of hydrogen-bond acceptors (Lipinski definition) is 3. The first-order valence-corrected chi connectivity index (χ1v) is 9.10. The predicted molar refractivity (Wildman–Crippen MR) is 105 cm³/mol. The number of thiocarbonyl (C=S) groups is 1. The lowest BCUT2D eigenvalue weighted by Crippen LogP contribution is -2.42. The number of aromatic amines is 1. The van der Waals surface area contributed by atoms with Gasteiger partial charge in [-0.2, -0.15) is 0 Å². The summed E-state index contributed by atoms with van der Waals surface area (Å²) < 4.78 is 5.73. The van der Waals surface area contributed by atoms with Gasteiger partial charge in [-0.1, -0.05) is 11.6 Å². The Morgan fingerprint density at radius 3 is 2.88 bits per heavy atom. The summed E-state index contributed by atoms with van der Waals surface area (Å²) in [5.41, 5.74) is 3.83. The Balaban J connectivity index is 1.91. The Hall–Kier alpha value is -1.92. The molecule has 2 heterocycles. The molecule has 3 rings (SSSR count). The Kier molecular flexibility index (Phi) is 5.39. The number of fused-ring (bicyclic) bond motifs is 1. The number of pyridine rings is 1. The molecule has 0 bridgehead atoms. The molecule has 0 radical (unpaired) electrons. The smallest absolute Gasteiger partial charge is 0.253 e. The van der Waals surface area contributed by atoms with Crippen molar-refractivity contribution in [3.05, 3.63) is 45.2 Å². The minimum absolute atomic E-state index is 0.0595. The average molecular weight is 359 g/mol. The number of ether oxygens (including phenoxy) is 1. The Bertz CT molecular complexity index is 840. The second kappa shape index (κ2) is 7.54. The van der Waals surface area contributed by atoms with Gasteiger partial charge in [0.1, 0.15) is 0 Å². The molecule has 0 amide bonds. The van der Waals surface area contributed by atoms with Crippen LogP contribution in [0.25, 0.3) is 10.9 Å². The molecule has 0 saturated carbocycles. The van der Waals surface area contributed by atoms with E-state index >= 15 is 0 Å². The van der Waals surface area contributed by atoms with E-state index in [2.05, 4.69) is 29.4 Å². The SMILES string of the molecule is CNC(=S)N(Cc1cc2cc(C)cc(C)c2[nH]c1=O)C[C@@H]1CCCO1. The van der Waals surface area contributed by atoms with Gasteiger partial charge in [0.25, 0.3) is 5.56 Å². The molecule has 2 N–H and O–H groups in total. The van der Waals surface area contributed by atoms with Crippen molar-refractivity contribution >= 4 is 28.2 Å². The molecule has 5 nitrogen and oxygen atoms in total.